The maximum Gasteiger partial charge on any atom is 0.114 e. The first kappa shape index (κ1) is 23.6. The molecule has 0 amide bonds. The Morgan fingerprint density at radius 3 is 2.19 bits per heavy atom. The highest BCUT2D eigenvalue weighted by Crippen LogP contribution is 2.19. The molecule has 26 heavy (non-hydrogen) atoms. The van der Waals surface area contributed by atoms with Crippen LogP contribution in [0.1, 0.15) is 77.6 Å². The summed E-state index contributed by atoms with van der Waals surface area (Å²) in [5.74, 6) is 0. The highest BCUT2D eigenvalue weighted by Gasteiger charge is 2.39. The molecule has 154 valence electrons. The average molecular weight is 373 g/mol. The number of rotatable bonds is 15. The Morgan fingerprint density at radius 2 is 1.54 bits per heavy atom. The van der Waals surface area contributed by atoms with Gasteiger partial charge in [0.2, 0.25) is 0 Å². The van der Waals surface area contributed by atoms with Gasteiger partial charge in [-0.1, -0.05) is 64.0 Å². The molecule has 0 spiro atoms. The lowest BCUT2D eigenvalue weighted by molar-refractivity contribution is -0.211. The Kier molecular flexibility index (Phi) is 14.1. The lowest BCUT2D eigenvalue weighted by Gasteiger charge is -2.37. The molecule has 0 radical (unpaired) electrons. The van der Waals surface area contributed by atoms with Crippen molar-refractivity contribution >= 4 is 0 Å². The number of ether oxygens (including phenoxy) is 2. The maximum atomic E-state index is 9.96. The van der Waals surface area contributed by atoms with Gasteiger partial charge in [0.15, 0.2) is 0 Å². The van der Waals surface area contributed by atoms with Crippen molar-refractivity contribution in [1.82, 2.24) is 0 Å². The minimum absolute atomic E-state index is 0.0354. The quantitative estimate of drug-likeness (QED) is 0.303. The summed E-state index contributed by atoms with van der Waals surface area (Å²) >= 11 is 0. The normalized spacial score (nSPS) is 26.6. The van der Waals surface area contributed by atoms with Crippen LogP contribution in [-0.2, 0) is 9.47 Å². The molecule has 4 atom stereocenters. The zero-order valence-corrected chi connectivity index (χ0v) is 16.5. The minimum Gasteiger partial charge on any atom is -0.394 e. The molecule has 1 saturated heterocycles. The topological polar surface area (TPSA) is 79.2 Å². The molecule has 1 aliphatic heterocycles. The van der Waals surface area contributed by atoms with Gasteiger partial charge in [-0.25, -0.2) is 0 Å². The summed E-state index contributed by atoms with van der Waals surface area (Å²) in [5.41, 5.74) is 0. The summed E-state index contributed by atoms with van der Waals surface area (Å²) in [6.45, 7) is 2.56. The van der Waals surface area contributed by atoms with Gasteiger partial charge in [-0.3, -0.25) is 0 Å². The van der Waals surface area contributed by atoms with Crippen molar-refractivity contribution in [2.75, 3.05) is 19.8 Å². The molecular formula is C21H40O5. The summed E-state index contributed by atoms with van der Waals surface area (Å²) in [5, 5.41) is 28.9. The summed E-state index contributed by atoms with van der Waals surface area (Å²) in [6.07, 6.45) is 15.0. The average Bonchev–Trinajstić information content (AvgIpc) is 2.65. The van der Waals surface area contributed by atoms with Crippen LogP contribution in [0.2, 0.25) is 0 Å². The van der Waals surface area contributed by atoms with Crippen LogP contribution < -0.4 is 0 Å². The second-order valence-electron chi connectivity index (χ2n) is 7.32. The monoisotopic (exact) mass is 372 g/mol. The number of unbranched alkanes of at least 4 members (excludes halogenated alkanes) is 9. The number of aliphatic hydroxyl groups is 3. The van der Waals surface area contributed by atoms with Crippen LogP contribution in [0.15, 0.2) is 12.2 Å². The Bertz CT molecular complexity index is 345. The van der Waals surface area contributed by atoms with Gasteiger partial charge in [-0.15, -0.1) is 0 Å². The van der Waals surface area contributed by atoms with E-state index < -0.39 is 24.4 Å². The zero-order chi connectivity index (χ0) is 19.0. The predicted octanol–water partition coefficient (Wildman–Crippen LogP) is 3.35. The van der Waals surface area contributed by atoms with Crippen LogP contribution in [0.5, 0.6) is 0 Å². The van der Waals surface area contributed by atoms with Gasteiger partial charge >= 0.3 is 0 Å². The molecule has 0 aliphatic carbocycles. The maximum absolute atomic E-state index is 9.96. The molecule has 0 unspecified atom stereocenters. The molecule has 1 rings (SSSR count). The van der Waals surface area contributed by atoms with Gasteiger partial charge < -0.3 is 24.8 Å². The lowest BCUT2D eigenvalue weighted by Crippen LogP contribution is -2.55. The molecule has 3 N–H and O–H groups in total. The van der Waals surface area contributed by atoms with Gasteiger partial charge in [-0.2, -0.15) is 0 Å². The highest BCUT2D eigenvalue weighted by atomic mass is 16.6. The largest absolute Gasteiger partial charge is 0.394 e. The fourth-order valence-corrected chi connectivity index (χ4v) is 3.27. The third-order valence-corrected chi connectivity index (χ3v) is 4.97. The Balaban J connectivity index is 1.97. The van der Waals surface area contributed by atoms with Crippen LogP contribution in [-0.4, -0.2) is 59.6 Å². The Labute approximate surface area is 159 Å². The third kappa shape index (κ3) is 10.0. The van der Waals surface area contributed by atoms with E-state index in [9.17, 15) is 15.3 Å². The summed E-state index contributed by atoms with van der Waals surface area (Å²) in [6, 6.07) is 0. The molecule has 1 heterocycles. The van der Waals surface area contributed by atoms with Crippen LogP contribution in [0, 0.1) is 0 Å². The van der Waals surface area contributed by atoms with Crippen molar-refractivity contribution in [1.29, 1.82) is 0 Å². The molecule has 0 aromatic heterocycles. The van der Waals surface area contributed by atoms with Crippen LogP contribution in [0.4, 0.5) is 0 Å². The summed E-state index contributed by atoms with van der Waals surface area (Å²) in [4.78, 5) is 0. The van der Waals surface area contributed by atoms with E-state index in [2.05, 4.69) is 19.1 Å². The SMILES string of the molecule is CCCCCCCCCC/C=C/CCCO[C@@H]1[C@@H](O)[C@H](O)CO[C@H]1CO. The second kappa shape index (κ2) is 15.6. The molecule has 0 saturated carbocycles. The number of aliphatic hydroxyl groups excluding tert-OH is 3. The van der Waals surface area contributed by atoms with Gasteiger partial charge in [0.1, 0.15) is 24.4 Å². The van der Waals surface area contributed by atoms with Crippen molar-refractivity contribution in [3.63, 3.8) is 0 Å². The van der Waals surface area contributed by atoms with Crippen molar-refractivity contribution in [3.05, 3.63) is 12.2 Å². The van der Waals surface area contributed by atoms with Gasteiger partial charge in [0.05, 0.1) is 13.2 Å². The van der Waals surface area contributed by atoms with E-state index in [-0.39, 0.29) is 13.2 Å². The highest BCUT2D eigenvalue weighted by molar-refractivity contribution is 4.88. The molecule has 0 aromatic carbocycles. The third-order valence-electron chi connectivity index (χ3n) is 4.97. The van der Waals surface area contributed by atoms with E-state index >= 15 is 0 Å². The van der Waals surface area contributed by atoms with E-state index in [1.807, 2.05) is 0 Å². The minimum atomic E-state index is -1.00. The Morgan fingerprint density at radius 1 is 0.923 bits per heavy atom. The standard InChI is InChI=1S/C21H40O5/c1-2-3-4-5-6-7-8-9-10-11-12-13-14-15-25-21-19(16-22)26-17-18(23)20(21)24/h11-12,18-24H,2-10,13-17H2,1H3/b12-11+/t18-,19+,20+,21+/m1/s1. The van der Waals surface area contributed by atoms with E-state index in [4.69, 9.17) is 9.47 Å². The molecule has 0 aromatic rings. The predicted molar refractivity (Wildman–Crippen MR) is 104 cm³/mol. The fraction of sp³-hybridized carbons (Fsp3) is 0.905. The van der Waals surface area contributed by atoms with Crippen molar-refractivity contribution in [3.8, 4) is 0 Å². The van der Waals surface area contributed by atoms with Crippen LogP contribution in [0.25, 0.3) is 0 Å². The number of allylic oxidation sites excluding steroid dienone is 2. The van der Waals surface area contributed by atoms with Crippen molar-refractivity contribution < 1.29 is 24.8 Å². The fourth-order valence-electron chi connectivity index (χ4n) is 3.27. The molecule has 1 fully saturated rings. The molecule has 1 aliphatic rings. The first-order valence-corrected chi connectivity index (χ1v) is 10.6. The van der Waals surface area contributed by atoms with Gasteiger partial charge in [-0.05, 0) is 25.7 Å². The Hall–Kier alpha value is -0.460. The molecule has 5 heteroatoms. The van der Waals surface area contributed by atoms with Crippen LogP contribution >= 0.6 is 0 Å². The molecule has 0 bridgehead atoms. The number of hydrogen-bond acceptors (Lipinski definition) is 5. The van der Waals surface area contributed by atoms with E-state index in [0.717, 1.165) is 19.3 Å². The second-order valence-corrected chi connectivity index (χ2v) is 7.32. The first-order chi connectivity index (χ1) is 12.7. The molecular weight excluding hydrogens is 332 g/mol. The zero-order valence-electron chi connectivity index (χ0n) is 16.5. The first-order valence-electron chi connectivity index (χ1n) is 10.6. The number of hydrogen-bond donors (Lipinski definition) is 3. The molecule has 5 nitrogen and oxygen atoms in total. The van der Waals surface area contributed by atoms with Crippen LogP contribution in [0.3, 0.4) is 0 Å². The van der Waals surface area contributed by atoms with Crippen molar-refractivity contribution in [2.45, 2.75) is 102 Å². The summed E-state index contributed by atoms with van der Waals surface area (Å²) in [7, 11) is 0. The van der Waals surface area contributed by atoms with Gasteiger partial charge in [0, 0.05) is 6.61 Å². The summed E-state index contributed by atoms with van der Waals surface area (Å²) < 4.78 is 10.9. The van der Waals surface area contributed by atoms with E-state index in [1.165, 1.54) is 51.4 Å². The smallest absolute Gasteiger partial charge is 0.114 e. The van der Waals surface area contributed by atoms with Gasteiger partial charge in [0.25, 0.3) is 0 Å². The van der Waals surface area contributed by atoms with Crippen molar-refractivity contribution in [2.24, 2.45) is 0 Å². The lowest BCUT2D eigenvalue weighted by atomic mass is 10.0. The van der Waals surface area contributed by atoms with E-state index in [0.29, 0.717) is 6.61 Å². The van der Waals surface area contributed by atoms with E-state index in [1.54, 1.807) is 0 Å².